The van der Waals surface area contributed by atoms with Gasteiger partial charge in [-0.05, 0) is 44.3 Å². The molecule has 2 N–H and O–H groups in total. The second-order valence-corrected chi connectivity index (χ2v) is 5.36. The summed E-state index contributed by atoms with van der Waals surface area (Å²) in [5.74, 6) is 0.369. The molecule has 0 saturated carbocycles. The fraction of sp³-hybridized carbons (Fsp3) is 0.533. The fourth-order valence-corrected chi connectivity index (χ4v) is 2.63. The van der Waals surface area contributed by atoms with E-state index in [-0.39, 0.29) is 11.6 Å². The summed E-state index contributed by atoms with van der Waals surface area (Å²) < 4.78 is 0. The molecule has 1 amide bonds. The highest BCUT2D eigenvalue weighted by Gasteiger charge is 2.17. The van der Waals surface area contributed by atoms with E-state index in [9.17, 15) is 14.9 Å². The standard InChI is InChI=1S/C15H21N3O3/c1-2-12-3-4-13(9-14(12)18(20)21)15(19)17-8-6-11-5-7-16-10-11/h3-4,9,11,16H,2,5-8,10H2,1H3,(H,17,19). The molecule has 1 atom stereocenters. The number of benzene rings is 1. The van der Waals surface area contributed by atoms with E-state index in [1.54, 1.807) is 12.1 Å². The van der Waals surface area contributed by atoms with Crippen LogP contribution < -0.4 is 10.6 Å². The van der Waals surface area contributed by atoms with Gasteiger partial charge in [-0.25, -0.2) is 0 Å². The number of nitro benzene ring substituents is 1. The number of nitrogens with one attached hydrogen (secondary N) is 2. The predicted molar refractivity (Wildman–Crippen MR) is 80.4 cm³/mol. The van der Waals surface area contributed by atoms with Gasteiger partial charge in [0.25, 0.3) is 11.6 Å². The Hall–Kier alpha value is -1.95. The van der Waals surface area contributed by atoms with Crippen molar-refractivity contribution < 1.29 is 9.72 Å². The Labute approximate surface area is 124 Å². The first kappa shape index (κ1) is 15.4. The molecule has 1 fully saturated rings. The number of nitro groups is 1. The van der Waals surface area contributed by atoms with E-state index in [0.29, 0.717) is 30.0 Å². The fourth-order valence-electron chi connectivity index (χ4n) is 2.63. The third-order valence-corrected chi connectivity index (χ3v) is 3.93. The molecule has 0 aromatic heterocycles. The van der Waals surface area contributed by atoms with Crippen LogP contribution in [0, 0.1) is 16.0 Å². The number of carbonyl (C=O) groups excluding carboxylic acids is 1. The molecule has 2 rings (SSSR count). The molecule has 21 heavy (non-hydrogen) atoms. The first-order valence-corrected chi connectivity index (χ1v) is 7.38. The van der Waals surface area contributed by atoms with Gasteiger partial charge in [0.2, 0.25) is 0 Å². The van der Waals surface area contributed by atoms with Crippen LogP contribution in [0.25, 0.3) is 0 Å². The normalized spacial score (nSPS) is 17.7. The molecule has 1 aliphatic rings. The maximum absolute atomic E-state index is 12.0. The summed E-state index contributed by atoms with van der Waals surface area (Å²) in [4.78, 5) is 22.6. The number of rotatable bonds is 6. The monoisotopic (exact) mass is 291 g/mol. The van der Waals surface area contributed by atoms with Crippen molar-refractivity contribution in [3.05, 3.63) is 39.4 Å². The molecule has 6 nitrogen and oxygen atoms in total. The van der Waals surface area contributed by atoms with Gasteiger partial charge in [0.15, 0.2) is 0 Å². The molecular weight excluding hydrogens is 270 g/mol. The third kappa shape index (κ3) is 4.01. The molecular formula is C15H21N3O3. The minimum Gasteiger partial charge on any atom is -0.352 e. The van der Waals surface area contributed by atoms with E-state index in [2.05, 4.69) is 10.6 Å². The van der Waals surface area contributed by atoms with Crippen LogP contribution in [0.4, 0.5) is 5.69 Å². The van der Waals surface area contributed by atoms with Gasteiger partial charge in [-0.1, -0.05) is 13.0 Å². The molecule has 114 valence electrons. The topological polar surface area (TPSA) is 84.3 Å². The SMILES string of the molecule is CCc1ccc(C(=O)NCCC2CCNC2)cc1[N+](=O)[O-]. The number of hydrogen-bond acceptors (Lipinski definition) is 4. The van der Waals surface area contributed by atoms with E-state index < -0.39 is 4.92 Å². The van der Waals surface area contributed by atoms with Gasteiger partial charge < -0.3 is 10.6 Å². The van der Waals surface area contributed by atoms with Crippen molar-refractivity contribution >= 4 is 11.6 Å². The number of nitrogens with zero attached hydrogens (tertiary/aromatic N) is 1. The van der Waals surface area contributed by atoms with Crippen LogP contribution in [0.5, 0.6) is 0 Å². The number of hydrogen-bond donors (Lipinski definition) is 2. The van der Waals surface area contributed by atoms with Crippen LogP contribution in [-0.4, -0.2) is 30.5 Å². The van der Waals surface area contributed by atoms with Gasteiger partial charge in [-0.15, -0.1) is 0 Å². The molecule has 1 unspecified atom stereocenters. The van der Waals surface area contributed by atoms with Crippen LogP contribution in [0.15, 0.2) is 18.2 Å². The summed E-state index contributed by atoms with van der Waals surface area (Å²) in [6.07, 6.45) is 2.66. The second kappa shape index (κ2) is 7.17. The Balaban J connectivity index is 1.95. The minimum absolute atomic E-state index is 0.0187. The summed E-state index contributed by atoms with van der Waals surface area (Å²) in [6.45, 7) is 4.52. The summed E-state index contributed by atoms with van der Waals surface area (Å²) >= 11 is 0. The van der Waals surface area contributed by atoms with Crippen LogP contribution in [0.2, 0.25) is 0 Å². The minimum atomic E-state index is -0.431. The maximum atomic E-state index is 12.0. The largest absolute Gasteiger partial charge is 0.352 e. The lowest BCUT2D eigenvalue weighted by Gasteiger charge is -2.10. The quantitative estimate of drug-likeness (QED) is 0.619. The first-order chi connectivity index (χ1) is 10.1. The second-order valence-electron chi connectivity index (χ2n) is 5.36. The molecule has 1 saturated heterocycles. The lowest BCUT2D eigenvalue weighted by Crippen LogP contribution is -2.26. The molecule has 6 heteroatoms. The molecule has 0 radical (unpaired) electrons. The molecule has 0 bridgehead atoms. The van der Waals surface area contributed by atoms with E-state index in [0.717, 1.165) is 25.9 Å². The van der Waals surface area contributed by atoms with Gasteiger partial charge >= 0.3 is 0 Å². The average Bonchev–Trinajstić information content (AvgIpc) is 2.99. The van der Waals surface area contributed by atoms with Crippen molar-refractivity contribution in [3.8, 4) is 0 Å². The zero-order valence-corrected chi connectivity index (χ0v) is 12.2. The molecule has 0 aliphatic carbocycles. The molecule has 1 aromatic rings. The number of aryl methyl sites for hydroxylation is 1. The summed E-state index contributed by atoms with van der Waals surface area (Å²) in [6, 6.07) is 4.68. The average molecular weight is 291 g/mol. The van der Waals surface area contributed by atoms with Crippen LogP contribution in [0.1, 0.15) is 35.7 Å². The van der Waals surface area contributed by atoms with Crippen molar-refractivity contribution in [1.82, 2.24) is 10.6 Å². The van der Waals surface area contributed by atoms with Gasteiger partial charge in [0.05, 0.1) is 4.92 Å². The van der Waals surface area contributed by atoms with Gasteiger partial charge in [-0.2, -0.15) is 0 Å². The van der Waals surface area contributed by atoms with Crippen molar-refractivity contribution in [3.63, 3.8) is 0 Å². The van der Waals surface area contributed by atoms with Crippen molar-refractivity contribution in [1.29, 1.82) is 0 Å². The lowest BCUT2D eigenvalue weighted by molar-refractivity contribution is -0.385. The summed E-state index contributed by atoms with van der Waals surface area (Å²) in [7, 11) is 0. The van der Waals surface area contributed by atoms with Gasteiger partial charge in [-0.3, -0.25) is 14.9 Å². The van der Waals surface area contributed by atoms with E-state index in [4.69, 9.17) is 0 Å². The first-order valence-electron chi connectivity index (χ1n) is 7.38. The molecule has 0 spiro atoms. The van der Waals surface area contributed by atoms with Crippen molar-refractivity contribution in [2.24, 2.45) is 5.92 Å². The van der Waals surface area contributed by atoms with E-state index >= 15 is 0 Å². The van der Waals surface area contributed by atoms with E-state index in [1.165, 1.54) is 6.07 Å². The molecule has 1 aliphatic heterocycles. The zero-order valence-electron chi connectivity index (χ0n) is 12.2. The highest BCUT2D eigenvalue weighted by molar-refractivity contribution is 5.94. The molecule has 1 aromatic carbocycles. The Kier molecular flexibility index (Phi) is 5.27. The Morgan fingerprint density at radius 3 is 2.95 bits per heavy atom. The highest BCUT2D eigenvalue weighted by Crippen LogP contribution is 2.21. The summed E-state index contributed by atoms with van der Waals surface area (Å²) in [5.41, 5.74) is 1.02. The van der Waals surface area contributed by atoms with Crippen LogP contribution >= 0.6 is 0 Å². The number of amides is 1. The van der Waals surface area contributed by atoms with Crippen LogP contribution in [-0.2, 0) is 6.42 Å². The zero-order chi connectivity index (χ0) is 15.2. The smallest absolute Gasteiger partial charge is 0.273 e. The lowest BCUT2D eigenvalue weighted by atomic mass is 10.0. The van der Waals surface area contributed by atoms with Crippen LogP contribution in [0.3, 0.4) is 0 Å². The predicted octanol–water partition coefficient (Wildman–Crippen LogP) is 1.89. The maximum Gasteiger partial charge on any atom is 0.273 e. The third-order valence-electron chi connectivity index (χ3n) is 3.93. The van der Waals surface area contributed by atoms with Crippen molar-refractivity contribution in [2.45, 2.75) is 26.2 Å². The Bertz CT molecular complexity index is 525. The number of carbonyl (C=O) groups is 1. The highest BCUT2D eigenvalue weighted by atomic mass is 16.6. The summed E-state index contributed by atoms with van der Waals surface area (Å²) in [5, 5.41) is 17.1. The van der Waals surface area contributed by atoms with E-state index in [1.807, 2.05) is 6.92 Å². The van der Waals surface area contributed by atoms with Crippen molar-refractivity contribution in [2.75, 3.05) is 19.6 Å². The van der Waals surface area contributed by atoms with Gasteiger partial charge in [0.1, 0.15) is 0 Å². The Morgan fingerprint density at radius 1 is 1.52 bits per heavy atom. The Morgan fingerprint density at radius 2 is 2.33 bits per heavy atom. The molecule has 1 heterocycles. The van der Waals surface area contributed by atoms with Gasteiger partial charge in [0, 0.05) is 23.7 Å².